The van der Waals surface area contributed by atoms with Crippen LogP contribution in [0.5, 0.6) is 0 Å². The van der Waals surface area contributed by atoms with Crippen LogP contribution in [0.4, 0.5) is 5.13 Å². The molecule has 6 nitrogen and oxygen atoms in total. The molecule has 1 fully saturated rings. The molecule has 1 saturated heterocycles. The van der Waals surface area contributed by atoms with E-state index in [1.165, 1.54) is 22.7 Å². The minimum absolute atomic E-state index is 0.0569. The van der Waals surface area contributed by atoms with E-state index in [0.29, 0.717) is 28.8 Å². The number of nitrogens with zero attached hydrogens (tertiary/aromatic N) is 2. The van der Waals surface area contributed by atoms with Crippen molar-refractivity contribution in [2.24, 2.45) is 11.1 Å². The van der Waals surface area contributed by atoms with Crippen LogP contribution in [-0.4, -0.2) is 40.8 Å². The Morgan fingerprint density at radius 3 is 2.92 bits per heavy atom. The van der Waals surface area contributed by atoms with Crippen molar-refractivity contribution in [1.29, 1.82) is 0 Å². The van der Waals surface area contributed by atoms with Crippen LogP contribution in [0.3, 0.4) is 0 Å². The Morgan fingerprint density at radius 2 is 2.24 bits per heavy atom. The van der Waals surface area contributed by atoms with E-state index in [4.69, 9.17) is 5.73 Å². The first-order chi connectivity index (χ1) is 11.8. The smallest absolute Gasteiger partial charge is 0.267 e. The fraction of sp³-hybridized carbons (Fsp3) is 0.471. The second-order valence-corrected chi connectivity index (χ2v) is 8.76. The maximum absolute atomic E-state index is 12.5. The molecule has 134 valence electrons. The van der Waals surface area contributed by atoms with Gasteiger partial charge in [0.15, 0.2) is 5.13 Å². The van der Waals surface area contributed by atoms with Crippen molar-refractivity contribution in [2.75, 3.05) is 18.4 Å². The zero-order valence-electron chi connectivity index (χ0n) is 14.3. The van der Waals surface area contributed by atoms with E-state index in [1.807, 2.05) is 21.7 Å². The molecule has 8 heteroatoms. The number of rotatable bonds is 4. The molecule has 1 atom stereocenters. The van der Waals surface area contributed by atoms with E-state index < -0.39 is 0 Å². The number of anilines is 1. The van der Waals surface area contributed by atoms with E-state index in [2.05, 4.69) is 24.1 Å². The van der Waals surface area contributed by atoms with Crippen molar-refractivity contribution in [3.63, 3.8) is 0 Å². The Bertz CT molecular complexity index is 755. The van der Waals surface area contributed by atoms with Crippen LogP contribution in [0, 0.1) is 5.41 Å². The summed E-state index contributed by atoms with van der Waals surface area (Å²) < 4.78 is 0. The highest BCUT2D eigenvalue weighted by atomic mass is 32.1. The first-order valence-corrected chi connectivity index (χ1v) is 9.94. The van der Waals surface area contributed by atoms with E-state index in [0.717, 1.165) is 6.42 Å². The van der Waals surface area contributed by atoms with Crippen LogP contribution in [0.25, 0.3) is 0 Å². The van der Waals surface area contributed by atoms with Gasteiger partial charge < -0.3 is 10.6 Å². The summed E-state index contributed by atoms with van der Waals surface area (Å²) in [5.74, 6) is -0.115. The number of carbonyl (C=O) groups excluding carboxylic acids is 2. The summed E-state index contributed by atoms with van der Waals surface area (Å²) in [6, 6.07) is 3.72. The van der Waals surface area contributed by atoms with Crippen LogP contribution < -0.4 is 11.1 Å². The lowest BCUT2D eigenvalue weighted by Gasteiger charge is -2.42. The first-order valence-electron chi connectivity index (χ1n) is 8.18. The fourth-order valence-corrected chi connectivity index (χ4v) is 4.19. The van der Waals surface area contributed by atoms with Crippen molar-refractivity contribution in [3.8, 4) is 0 Å². The number of amides is 2. The van der Waals surface area contributed by atoms with Gasteiger partial charge in [-0.15, -0.1) is 22.7 Å². The van der Waals surface area contributed by atoms with Gasteiger partial charge in [0.2, 0.25) is 5.91 Å². The maximum atomic E-state index is 12.5. The normalized spacial score (nSPS) is 19.6. The molecule has 25 heavy (non-hydrogen) atoms. The van der Waals surface area contributed by atoms with Gasteiger partial charge >= 0.3 is 0 Å². The molecule has 2 amide bonds. The lowest BCUT2D eigenvalue weighted by molar-refractivity contribution is -0.133. The molecular formula is C17H22N4O2S2. The monoisotopic (exact) mass is 378 g/mol. The Hall–Kier alpha value is -1.77. The largest absolute Gasteiger partial charge is 0.342 e. The summed E-state index contributed by atoms with van der Waals surface area (Å²) in [5.41, 5.74) is 6.74. The van der Waals surface area contributed by atoms with Crippen molar-refractivity contribution >= 4 is 39.6 Å². The van der Waals surface area contributed by atoms with Gasteiger partial charge in [0, 0.05) is 24.5 Å². The van der Waals surface area contributed by atoms with E-state index >= 15 is 0 Å². The van der Waals surface area contributed by atoms with Gasteiger partial charge in [-0.05, 0) is 23.3 Å². The number of piperidine rings is 1. The lowest BCUT2D eigenvalue weighted by atomic mass is 9.79. The van der Waals surface area contributed by atoms with Crippen molar-refractivity contribution in [1.82, 2.24) is 9.88 Å². The lowest BCUT2D eigenvalue weighted by Crippen LogP contribution is -2.54. The Balaban J connectivity index is 1.58. The third kappa shape index (κ3) is 4.26. The third-order valence-corrected chi connectivity index (χ3v) is 6.19. The fourth-order valence-electron chi connectivity index (χ4n) is 2.87. The van der Waals surface area contributed by atoms with Crippen LogP contribution in [-0.2, 0) is 11.2 Å². The summed E-state index contributed by atoms with van der Waals surface area (Å²) in [4.78, 5) is 31.5. The number of aromatic nitrogens is 1. The standard InChI is InChI=1S/C17H22N4O2S2/c1-17(2)10-21(6-5-13(17)18)14(22)8-11-9-25-16(19-11)20-15(23)12-4-3-7-24-12/h3-4,7,9,13H,5-6,8,10,18H2,1-2H3,(H,19,20,23). The highest BCUT2D eigenvalue weighted by Crippen LogP contribution is 2.28. The predicted octanol–water partition coefficient (Wildman–Crippen LogP) is 2.59. The second-order valence-electron chi connectivity index (χ2n) is 6.95. The van der Waals surface area contributed by atoms with E-state index in [9.17, 15) is 9.59 Å². The molecular weight excluding hydrogens is 356 g/mol. The number of thiophene rings is 1. The minimum atomic E-state index is -0.172. The zero-order chi connectivity index (χ0) is 18.0. The Kier molecular flexibility index (Phi) is 5.21. The second kappa shape index (κ2) is 7.23. The van der Waals surface area contributed by atoms with Gasteiger partial charge in [0.25, 0.3) is 5.91 Å². The molecule has 1 aliphatic heterocycles. The predicted molar refractivity (Wildman–Crippen MR) is 101 cm³/mol. The van der Waals surface area contributed by atoms with Crippen LogP contribution in [0.15, 0.2) is 22.9 Å². The number of carbonyl (C=O) groups is 2. The highest BCUT2D eigenvalue weighted by Gasteiger charge is 2.35. The minimum Gasteiger partial charge on any atom is -0.342 e. The van der Waals surface area contributed by atoms with Crippen LogP contribution >= 0.6 is 22.7 Å². The molecule has 1 unspecified atom stereocenters. The average molecular weight is 379 g/mol. The van der Waals surface area contributed by atoms with Crippen molar-refractivity contribution < 1.29 is 9.59 Å². The number of thiazole rings is 1. The van der Waals surface area contributed by atoms with E-state index in [-0.39, 0.29) is 29.7 Å². The summed E-state index contributed by atoms with van der Waals surface area (Å²) in [6.45, 7) is 5.55. The SMILES string of the molecule is CC1(C)CN(C(=O)Cc2csc(NC(=O)c3cccs3)n2)CCC1N. The molecule has 0 aromatic carbocycles. The number of nitrogens with two attached hydrogens (primary N) is 1. The first kappa shape index (κ1) is 18.0. The molecule has 3 rings (SSSR count). The van der Waals surface area contributed by atoms with Gasteiger partial charge in [-0.25, -0.2) is 4.98 Å². The average Bonchev–Trinajstić information content (AvgIpc) is 3.21. The molecule has 1 aliphatic rings. The Labute approximate surface area is 155 Å². The van der Waals surface area contributed by atoms with Crippen molar-refractivity contribution in [2.45, 2.75) is 32.7 Å². The number of likely N-dealkylation sites (tertiary alicyclic amines) is 1. The number of hydrogen-bond donors (Lipinski definition) is 2. The summed E-state index contributed by atoms with van der Waals surface area (Å²) in [6.07, 6.45) is 1.06. The summed E-state index contributed by atoms with van der Waals surface area (Å²) in [7, 11) is 0. The Morgan fingerprint density at radius 1 is 1.44 bits per heavy atom. The quantitative estimate of drug-likeness (QED) is 0.856. The van der Waals surface area contributed by atoms with Gasteiger partial charge in [-0.2, -0.15) is 0 Å². The molecule has 0 saturated carbocycles. The number of hydrogen-bond acceptors (Lipinski definition) is 6. The summed E-state index contributed by atoms with van der Waals surface area (Å²) >= 11 is 2.72. The molecule has 0 radical (unpaired) electrons. The summed E-state index contributed by atoms with van der Waals surface area (Å²) in [5, 5.41) is 6.97. The van der Waals surface area contributed by atoms with Crippen molar-refractivity contribution in [3.05, 3.63) is 33.5 Å². The topological polar surface area (TPSA) is 88.3 Å². The van der Waals surface area contributed by atoms with Crippen LogP contribution in [0.1, 0.15) is 35.6 Å². The van der Waals surface area contributed by atoms with E-state index in [1.54, 1.807) is 6.07 Å². The van der Waals surface area contributed by atoms with Crippen LogP contribution in [0.2, 0.25) is 0 Å². The van der Waals surface area contributed by atoms with Gasteiger partial charge in [-0.1, -0.05) is 19.9 Å². The molecule has 3 N–H and O–H groups in total. The highest BCUT2D eigenvalue weighted by molar-refractivity contribution is 7.14. The van der Waals surface area contributed by atoms with Gasteiger partial charge in [0.05, 0.1) is 17.0 Å². The molecule has 2 aromatic rings. The molecule has 0 bridgehead atoms. The maximum Gasteiger partial charge on any atom is 0.267 e. The van der Waals surface area contributed by atoms with Gasteiger partial charge in [0.1, 0.15) is 0 Å². The molecule has 3 heterocycles. The van der Waals surface area contributed by atoms with Gasteiger partial charge in [-0.3, -0.25) is 14.9 Å². The molecule has 2 aromatic heterocycles. The third-order valence-electron chi connectivity index (χ3n) is 4.51. The molecule has 0 aliphatic carbocycles. The zero-order valence-corrected chi connectivity index (χ0v) is 16.0. The number of nitrogens with one attached hydrogen (secondary N) is 1. The molecule has 0 spiro atoms.